The van der Waals surface area contributed by atoms with Gasteiger partial charge < -0.3 is 33.7 Å². The van der Waals surface area contributed by atoms with Gasteiger partial charge in [-0.25, -0.2) is 0 Å². The molecule has 0 heterocycles. The van der Waals surface area contributed by atoms with Crippen LogP contribution in [0.15, 0.2) is 54.6 Å². The van der Waals surface area contributed by atoms with Gasteiger partial charge in [-0.05, 0) is 53.1 Å². The molecule has 0 aromatic heterocycles. The molecule has 8 nitrogen and oxygen atoms in total. The topological polar surface area (TPSA) is 84.5 Å². The second-order valence-corrected chi connectivity index (χ2v) is 7.66. The zero-order chi connectivity index (χ0) is 26.8. The fourth-order valence-electron chi connectivity index (χ4n) is 3.68. The minimum atomic E-state index is -0.289. The summed E-state index contributed by atoms with van der Waals surface area (Å²) in [4.78, 5) is 12.7. The van der Waals surface area contributed by atoms with Gasteiger partial charge in [0.25, 0.3) is 0 Å². The molecule has 3 aromatic carbocycles. The Morgan fingerprint density at radius 3 is 1.54 bits per heavy atom. The smallest absolute Gasteiger partial charge is 0.248 e. The highest BCUT2D eigenvalue weighted by Crippen LogP contribution is 2.39. The SMILES string of the molecule is COc1cc(C=Cc2ccccc2NC(=O)/C=C/c2cc(OC)c(OC)c(OC)c2)cc(OC)c1OC. The summed E-state index contributed by atoms with van der Waals surface area (Å²) in [6.07, 6.45) is 6.93. The van der Waals surface area contributed by atoms with Crippen LogP contribution in [0, 0.1) is 0 Å². The zero-order valence-corrected chi connectivity index (χ0v) is 21.8. The Hall–Kier alpha value is -4.59. The molecule has 8 heteroatoms. The lowest BCUT2D eigenvalue weighted by Gasteiger charge is -2.13. The van der Waals surface area contributed by atoms with Crippen LogP contribution < -0.4 is 33.7 Å². The number of carbonyl (C=O) groups excluding carboxylic acids is 1. The summed E-state index contributed by atoms with van der Waals surface area (Å²) in [5.74, 6) is 2.84. The molecule has 3 aromatic rings. The van der Waals surface area contributed by atoms with Gasteiger partial charge in [-0.1, -0.05) is 30.4 Å². The third-order valence-corrected chi connectivity index (χ3v) is 5.48. The Morgan fingerprint density at radius 2 is 1.08 bits per heavy atom. The van der Waals surface area contributed by atoms with Gasteiger partial charge in [0.15, 0.2) is 23.0 Å². The highest BCUT2D eigenvalue weighted by Gasteiger charge is 2.13. The first-order valence-corrected chi connectivity index (χ1v) is 11.3. The molecule has 37 heavy (non-hydrogen) atoms. The van der Waals surface area contributed by atoms with Crippen LogP contribution in [0.1, 0.15) is 16.7 Å². The molecule has 0 atom stereocenters. The van der Waals surface area contributed by atoms with Crippen LogP contribution in [0.25, 0.3) is 18.2 Å². The number of anilines is 1. The quantitative estimate of drug-likeness (QED) is 0.270. The number of ether oxygens (including phenoxy) is 6. The van der Waals surface area contributed by atoms with Gasteiger partial charge in [0.2, 0.25) is 17.4 Å². The molecule has 3 rings (SSSR count). The van der Waals surface area contributed by atoms with E-state index >= 15 is 0 Å². The number of para-hydroxylation sites is 1. The lowest BCUT2D eigenvalue weighted by Crippen LogP contribution is -2.08. The molecule has 0 bridgehead atoms. The van der Waals surface area contributed by atoms with Crippen LogP contribution in [-0.4, -0.2) is 48.6 Å². The van der Waals surface area contributed by atoms with Crippen molar-refractivity contribution in [1.29, 1.82) is 0 Å². The summed E-state index contributed by atoms with van der Waals surface area (Å²) in [7, 11) is 9.32. The van der Waals surface area contributed by atoms with Crippen LogP contribution in [0.5, 0.6) is 34.5 Å². The van der Waals surface area contributed by atoms with Crippen molar-refractivity contribution in [3.05, 3.63) is 71.3 Å². The predicted octanol–water partition coefficient (Wildman–Crippen LogP) is 5.56. The second-order valence-electron chi connectivity index (χ2n) is 7.66. The molecule has 194 valence electrons. The van der Waals surface area contributed by atoms with E-state index in [2.05, 4.69) is 5.32 Å². The lowest BCUT2D eigenvalue weighted by atomic mass is 10.1. The Morgan fingerprint density at radius 1 is 0.622 bits per heavy atom. The van der Waals surface area contributed by atoms with Crippen LogP contribution in [0.2, 0.25) is 0 Å². The van der Waals surface area contributed by atoms with Crippen molar-refractivity contribution in [2.45, 2.75) is 0 Å². The van der Waals surface area contributed by atoms with Crippen LogP contribution in [0.3, 0.4) is 0 Å². The molecule has 0 spiro atoms. The van der Waals surface area contributed by atoms with Crippen molar-refractivity contribution in [3.8, 4) is 34.5 Å². The van der Waals surface area contributed by atoms with Gasteiger partial charge in [-0.3, -0.25) is 4.79 Å². The molecular formula is C29H31NO7. The van der Waals surface area contributed by atoms with E-state index in [1.54, 1.807) is 53.8 Å². The van der Waals surface area contributed by atoms with Gasteiger partial charge in [0.1, 0.15) is 0 Å². The van der Waals surface area contributed by atoms with Gasteiger partial charge >= 0.3 is 0 Å². The van der Waals surface area contributed by atoms with Crippen molar-refractivity contribution in [2.75, 3.05) is 48.0 Å². The maximum atomic E-state index is 12.7. The highest BCUT2D eigenvalue weighted by molar-refractivity contribution is 6.03. The van der Waals surface area contributed by atoms with Crippen LogP contribution in [-0.2, 0) is 4.79 Å². The number of hydrogen-bond acceptors (Lipinski definition) is 7. The highest BCUT2D eigenvalue weighted by atomic mass is 16.5. The minimum Gasteiger partial charge on any atom is -0.493 e. The Kier molecular flexibility index (Phi) is 9.43. The monoisotopic (exact) mass is 505 g/mol. The van der Waals surface area contributed by atoms with E-state index in [0.717, 1.165) is 16.7 Å². The molecule has 1 N–H and O–H groups in total. The number of amides is 1. The van der Waals surface area contributed by atoms with Crippen LogP contribution >= 0.6 is 0 Å². The molecular weight excluding hydrogens is 474 g/mol. The molecule has 0 aliphatic rings. The lowest BCUT2D eigenvalue weighted by molar-refractivity contribution is -0.111. The number of methoxy groups -OCH3 is 6. The van der Waals surface area contributed by atoms with Crippen molar-refractivity contribution < 1.29 is 33.2 Å². The number of carbonyl (C=O) groups is 1. The van der Waals surface area contributed by atoms with E-state index in [9.17, 15) is 4.79 Å². The molecule has 0 aliphatic heterocycles. The first kappa shape index (κ1) is 27.0. The molecule has 0 unspecified atom stereocenters. The van der Waals surface area contributed by atoms with Crippen LogP contribution in [0.4, 0.5) is 5.69 Å². The average molecular weight is 506 g/mol. The first-order valence-electron chi connectivity index (χ1n) is 11.3. The van der Waals surface area contributed by atoms with Gasteiger partial charge in [0, 0.05) is 11.8 Å². The average Bonchev–Trinajstić information content (AvgIpc) is 2.94. The van der Waals surface area contributed by atoms with Gasteiger partial charge in [0.05, 0.1) is 42.7 Å². The van der Waals surface area contributed by atoms with E-state index < -0.39 is 0 Å². The fourth-order valence-corrected chi connectivity index (χ4v) is 3.68. The third-order valence-electron chi connectivity index (χ3n) is 5.48. The summed E-state index contributed by atoms with van der Waals surface area (Å²) in [5.41, 5.74) is 3.05. The number of rotatable bonds is 11. The number of nitrogens with one attached hydrogen (secondary N) is 1. The van der Waals surface area contributed by atoms with Gasteiger partial charge in [-0.2, -0.15) is 0 Å². The normalized spacial score (nSPS) is 10.9. The maximum absolute atomic E-state index is 12.7. The standard InChI is InChI=1S/C29H31NO7/c1-32-23-15-19(16-24(33-2)28(23)36-5)11-13-21-9-7-8-10-22(21)30-27(31)14-12-20-17-25(34-3)29(37-6)26(18-20)35-4/h7-18H,1-6H3,(H,30,31)/b13-11?,14-12+. The third kappa shape index (κ3) is 6.55. The van der Waals surface area contributed by atoms with E-state index in [1.165, 1.54) is 13.2 Å². The van der Waals surface area contributed by atoms with E-state index in [4.69, 9.17) is 28.4 Å². The van der Waals surface area contributed by atoms with Crippen molar-refractivity contribution in [1.82, 2.24) is 0 Å². The summed E-state index contributed by atoms with van der Waals surface area (Å²) >= 11 is 0. The van der Waals surface area contributed by atoms with Crippen molar-refractivity contribution in [3.63, 3.8) is 0 Å². The molecule has 0 saturated heterocycles. The first-order chi connectivity index (χ1) is 18.0. The molecule has 0 fully saturated rings. The Bertz CT molecular complexity index is 1250. The number of benzene rings is 3. The van der Waals surface area contributed by atoms with Crippen molar-refractivity contribution in [2.24, 2.45) is 0 Å². The minimum absolute atomic E-state index is 0.289. The Balaban J connectivity index is 1.81. The maximum Gasteiger partial charge on any atom is 0.248 e. The van der Waals surface area contributed by atoms with E-state index in [1.807, 2.05) is 48.6 Å². The summed E-state index contributed by atoms with van der Waals surface area (Å²) in [6.45, 7) is 0. The predicted molar refractivity (Wildman–Crippen MR) is 145 cm³/mol. The summed E-state index contributed by atoms with van der Waals surface area (Å²) in [5, 5.41) is 2.93. The molecule has 1 amide bonds. The van der Waals surface area contributed by atoms with E-state index in [0.29, 0.717) is 40.2 Å². The van der Waals surface area contributed by atoms with E-state index in [-0.39, 0.29) is 5.91 Å². The molecule has 0 radical (unpaired) electrons. The number of hydrogen-bond donors (Lipinski definition) is 1. The fraction of sp³-hybridized carbons (Fsp3) is 0.207. The second kappa shape index (κ2) is 12.9. The largest absolute Gasteiger partial charge is 0.493 e. The summed E-state index contributed by atoms with van der Waals surface area (Å²) in [6, 6.07) is 14.7. The molecule has 0 aliphatic carbocycles. The van der Waals surface area contributed by atoms with Crippen molar-refractivity contribution >= 4 is 29.8 Å². The zero-order valence-electron chi connectivity index (χ0n) is 21.8. The van der Waals surface area contributed by atoms with Gasteiger partial charge in [-0.15, -0.1) is 0 Å². The molecule has 0 saturated carbocycles. The summed E-state index contributed by atoms with van der Waals surface area (Å²) < 4.78 is 32.3. The Labute approximate surface area is 217 Å².